The first-order chi connectivity index (χ1) is 8.72. The van der Waals surface area contributed by atoms with Crippen molar-refractivity contribution >= 4 is 26.7 Å². The Bertz CT molecular complexity index is 513. The number of rotatable bonds is 6. The van der Waals surface area contributed by atoms with Crippen LogP contribution in [0.4, 0.5) is 5.13 Å². The van der Waals surface area contributed by atoms with Gasteiger partial charge in [0.2, 0.25) is 0 Å². The molecule has 2 aromatic rings. The molecule has 1 N–H and O–H groups in total. The summed E-state index contributed by atoms with van der Waals surface area (Å²) in [7, 11) is 3.39. The predicted molar refractivity (Wildman–Crippen MR) is 75.7 cm³/mol. The van der Waals surface area contributed by atoms with Gasteiger partial charge >= 0.3 is 0 Å². The van der Waals surface area contributed by atoms with Crippen molar-refractivity contribution in [3.63, 3.8) is 0 Å². The Labute approximate surface area is 111 Å². The fraction of sp³-hybridized carbons (Fsp3) is 0.462. The summed E-state index contributed by atoms with van der Waals surface area (Å²) in [5.74, 6) is 0.866. The van der Waals surface area contributed by atoms with Crippen molar-refractivity contribution in [3.8, 4) is 5.75 Å². The van der Waals surface area contributed by atoms with Crippen LogP contribution in [0, 0.1) is 0 Å². The minimum Gasteiger partial charge on any atom is -0.497 e. The van der Waals surface area contributed by atoms with Crippen molar-refractivity contribution < 1.29 is 9.47 Å². The Morgan fingerprint density at radius 3 is 2.94 bits per heavy atom. The quantitative estimate of drug-likeness (QED) is 0.872. The van der Waals surface area contributed by atoms with Gasteiger partial charge < -0.3 is 14.8 Å². The molecule has 1 unspecified atom stereocenters. The number of anilines is 1. The van der Waals surface area contributed by atoms with Crippen LogP contribution in [0.1, 0.15) is 13.3 Å². The zero-order valence-corrected chi connectivity index (χ0v) is 11.7. The molecule has 0 aliphatic carbocycles. The van der Waals surface area contributed by atoms with E-state index in [4.69, 9.17) is 9.47 Å². The third kappa shape index (κ3) is 3.11. The number of fused-ring (bicyclic) bond motifs is 1. The molecule has 0 radical (unpaired) electrons. The van der Waals surface area contributed by atoms with E-state index in [1.807, 2.05) is 18.2 Å². The number of hydrogen-bond donors (Lipinski definition) is 1. The van der Waals surface area contributed by atoms with Crippen LogP contribution in [0.15, 0.2) is 18.2 Å². The maximum Gasteiger partial charge on any atom is 0.184 e. The van der Waals surface area contributed by atoms with E-state index in [0.717, 1.165) is 34.1 Å². The Morgan fingerprint density at radius 2 is 2.22 bits per heavy atom. The van der Waals surface area contributed by atoms with Crippen LogP contribution in [0.2, 0.25) is 0 Å². The minimum atomic E-state index is 0.354. The molecule has 1 heterocycles. The molecule has 1 aromatic heterocycles. The van der Waals surface area contributed by atoms with Gasteiger partial charge in [0.1, 0.15) is 5.75 Å². The molecule has 0 bridgehead atoms. The van der Waals surface area contributed by atoms with E-state index < -0.39 is 0 Å². The van der Waals surface area contributed by atoms with E-state index in [-0.39, 0.29) is 0 Å². The Hall–Kier alpha value is -1.33. The summed E-state index contributed by atoms with van der Waals surface area (Å²) in [6.45, 7) is 2.89. The average Bonchev–Trinajstić information content (AvgIpc) is 2.77. The number of benzene rings is 1. The summed E-state index contributed by atoms with van der Waals surface area (Å²) in [5.41, 5.74) is 1.00. The van der Waals surface area contributed by atoms with Crippen LogP contribution < -0.4 is 10.1 Å². The maximum atomic E-state index is 5.21. The smallest absolute Gasteiger partial charge is 0.184 e. The van der Waals surface area contributed by atoms with Crippen molar-refractivity contribution in [2.24, 2.45) is 0 Å². The van der Waals surface area contributed by atoms with Gasteiger partial charge in [-0.2, -0.15) is 0 Å². The number of ether oxygens (including phenoxy) is 2. The van der Waals surface area contributed by atoms with Gasteiger partial charge in [-0.05, 0) is 31.5 Å². The first-order valence-electron chi connectivity index (χ1n) is 5.93. The largest absolute Gasteiger partial charge is 0.497 e. The minimum absolute atomic E-state index is 0.354. The molecular weight excluding hydrogens is 248 g/mol. The van der Waals surface area contributed by atoms with Crippen LogP contribution in [0.3, 0.4) is 0 Å². The first-order valence-corrected chi connectivity index (χ1v) is 6.74. The lowest BCUT2D eigenvalue weighted by Gasteiger charge is -2.11. The standard InChI is InChI=1S/C13H18N2O2S/c1-9(6-7-16-2)14-13-15-11-5-4-10(17-3)8-12(11)18-13/h4-5,8-9H,6-7H2,1-3H3,(H,14,15). The summed E-state index contributed by atoms with van der Waals surface area (Å²) in [4.78, 5) is 4.55. The Balaban J connectivity index is 2.09. The summed E-state index contributed by atoms with van der Waals surface area (Å²) >= 11 is 1.65. The summed E-state index contributed by atoms with van der Waals surface area (Å²) < 4.78 is 11.4. The number of nitrogens with zero attached hydrogens (tertiary/aromatic N) is 1. The highest BCUT2D eigenvalue weighted by Crippen LogP contribution is 2.29. The van der Waals surface area contributed by atoms with Gasteiger partial charge in [-0.25, -0.2) is 4.98 Å². The van der Waals surface area contributed by atoms with Crippen molar-refractivity contribution in [3.05, 3.63) is 18.2 Å². The molecular formula is C13H18N2O2S. The first kappa shape index (κ1) is 13.1. The summed E-state index contributed by atoms with van der Waals surface area (Å²) in [6, 6.07) is 6.28. The lowest BCUT2D eigenvalue weighted by molar-refractivity contribution is 0.191. The third-order valence-corrected chi connectivity index (χ3v) is 3.67. The molecule has 5 heteroatoms. The number of hydrogen-bond acceptors (Lipinski definition) is 5. The molecule has 2 rings (SSSR count). The normalized spacial score (nSPS) is 12.6. The SMILES string of the molecule is COCCC(C)Nc1nc2ccc(OC)cc2s1. The molecule has 0 aliphatic heterocycles. The van der Waals surface area contributed by atoms with Gasteiger partial charge in [-0.3, -0.25) is 0 Å². The van der Waals surface area contributed by atoms with Crippen LogP contribution in [0.25, 0.3) is 10.2 Å². The molecule has 0 amide bonds. The molecule has 0 aliphatic rings. The summed E-state index contributed by atoms with van der Waals surface area (Å²) in [5, 5.41) is 4.34. The number of thiazole rings is 1. The van der Waals surface area contributed by atoms with Crippen LogP contribution in [0.5, 0.6) is 5.75 Å². The third-order valence-electron chi connectivity index (χ3n) is 2.72. The molecule has 0 spiro atoms. The number of nitrogens with one attached hydrogen (secondary N) is 1. The maximum absolute atomic E-state index is 5.21. The highest BCUT2D eigenvalue weighted by molar-refractivity contribution is 7.22. The van der Waals surface area contributed by atoms with Crippen molar-refractivity contribution in [2.45, 2.75) is 19.4 Å². The van der Waals surface area contributed by atoms with Crippen LogP contribution in [-0.4, -0.2) is 31.9 Å². The van der Waals surface area contributed by atoms with Gasteiger partial charge in [-0.1, -0.05) is 11.3 Å². The van der Waals surface area contributed by atoms with E-state index in [1.54, 1.807) is 25.6 Å². The van der Waals surface area contributed by atoms with E-state index in [2.05, 4.69) is 17.2 Å². The molecule has 1 aromatic carbocycles. The Morgan fingerprint density at radius 1 is 1.39 bits per heavy atom. The molecule has 1 atom stereocenters. The van der Waals surface area contributed by atoms with Gasteiger partial charge in [0, 0.05) is 19.8 Å². The van der Waals surface area contributed by atoms with E-state index in [9.17, 15) is 0 Å². The molecule has 18 heavy (non-hydrogen) atoms. The molecule has 4 nitrogen and oxygen atoms in total. The number of aromatic nitrogens is 1. The highest BCUT2D eigenvalue weighted by atomic mass is 32.1. The van der Waals surface area contributed by atoms with Crippen LogP contribution >= 0.6 is 11.3 Å². The fourth-order valence-corrected chi connectivity index (χ4v) is 2.68. The monoisotopic (exact) mass is 266 g/mol. The second-order valence-electron chi connectivity index (χ2n) is 4.18. The predicted octanol–water partition coefficient (Wildman–Crippen LogP) is 3.14. The highest BCUT2D eigenvalue weighted by Gasteiger charge is 2.07. The van der Waals surface area contributed by atoms with Gasteiger partial charge in [-0.15, -0.1) is 0 Å². The average molecular weight is 266 g/mol. The van der Waals surface area contributed by atoms with E-state index >= 15 is 0 Å². The van der Waals surface area contributed by atoms with Gasteiger partial charge in [0.25, 0.3) is 0 Å². The molecule has 98 valence electrons. The van der Waals surface area contributed by atoms with Crippen molar-refractivity contribution in [1.29, 1.82) is 0 Å². The van der Waals surface area contributed by atoms with Crippen molar-refractivity contribution in [1.82, 2.24) is 4.98 Å². The van der Waals surface area contributed by atoms with Gasteiger partial charge in [0.15, 0.2) is 5.13 Å². The Kier molecular flexibility index (Phi) is 4.38. The van der Waals surface area contributed by atoms with E-state index in [1.165, 1.54) is 0 Å². The zero-order valence-electron chi connectivity index (χ0n) is 10.9. The second kappa shape index (κ2) is 6.02. The molecule has 0 fully saturated rings. The fourth-order valence-electron chi connectivity index (χ4n) is 1.67. The lowest BCUT2D eigenvalue weighted by atomic mass is 10.2. The number of methoxy groups -OCH3 is 2. The molecule has 0 saturated heterocycles. The zero-order chi connectivity index (χ0) is 13.0. The second-order valence-corrected chi connectivity index (χ2v) is 5.21. The van der Waals surface area contributed by atoms with Crippen molar-refractivity contribution in [2.75, 3.05) is 26.1 Å². The molecule has 0 saturated carbocycles. The van der Waals surface area contributed by atoms with Crippen LogP contribution in [-0.2, 0) is 4.74 Å². The van der Waals surface area contributed by atoms with E-state index in [0.29, 0.717) is 6.04 Å². The van der Waals surface area contributed by atoms with Gasteiger partial charge in [0.05, 0.1) is 17.3 Å². The topological polar surface area (TPSA) is 43.4 Å². The lowest BCUT2D eigenvalue weighted by Crippen LogP contribution is -2.16. The summed E-state index contributed by atoms with van der Waals surface area (Å²) in [6.07, 6.45) is 0.968.